The topological polar surface area (TPSA) is 88.1 Å². The van der Waals surface area contributed by atoms with E-state index in [1.54, 1.807) is 18.2 Å². The van der Waals surface area contributed by atoms with Crippen molar-refractivity contribution in [1.82, 2.24) is 4.90 Å². The van der Waals surface area contributed by atoms with Crippen LogP contribution >= 0.6 is 0 Å². The van der Waals surface area contributed by atoms with Gasteiger partial charge in [-0.15, -0.1) is 0 Å². The highest BCUT2D eigenvalue weighted by Gasteiger charge is 2.43. The molecular weight excluding hydrogens is 516 g/mol. The standard InChI is InChI=1S/C26H23NO5.C8H19N/c1-15-6-7-18(13-20(15)16-4-3-5-17(12-16)24(28)29)27-25(30)26(2)11-10-19-21(26)8-9-22-23(19)32-14-31-22;1-6-9(7(2)3)8(4)5/h3-9,12-13H,10-11,14H2,1-2H3,(H,27,30)(H,28,29);7-8H,6H2,1-5H3. The van der Waals surface area contributed by atoms with Gasteiger partial charge in [0, 0.05) is 23.3 Å². The molecule has 1 aliphatic carbocycles. The third-order valence-electron chi connectivity index (χ3n) is 8.22. The Morgan fingerprint density at radius 3 is 2.39 bits per heavy atom. The van der Waals surface area contributed by atoms with Crippen molar-refractivity contribution < 1.29 is 24.2 Å². The van der Waals surface area contributed by atoms with Gasteiger partial charge in [0.1, 0.15) is 0 Å². The van der Waals surface area contributed by atoms with E-state index in [1.165, 1.54) is 0 Å². The normalized spacial score (nSPS) is 16.9. The molecule has 5 rings (SSSR count). The molecular formula is C34H42N2O5. The van der Waals surface area contributed by atoms with Gasteiger partial charge in [-0.1, -0.05) is 31.2 Å². The molecule has 0 aromatic heterocycles. The first-order valence-corrected chi connectivity index (χ1v) is 14.4. The molecule has 7 nitrogen and oxygen atoms in total. The zero-order valence-electron chi connectivity index (χ0n) is 25.2. The number of hydrogen-bond acceptors (Lipinski definition) is 5. The van der Waals surface area contributed by atoms with Crippen LogP contribution in [0.4, 0.5) is 5.69 Å². The van der Waals surface area contributed by atoms with Gasteiger partial charge in [0.05, 0.1) is 11.0 Å². The Labute approximate surface area is 243 Å². The molecule has 2 N–H and O–H groups in total. The number of carbonyl (C=O) groups excluding carboxylic acids is 1. The fraction of sp³-hybridized carbons (Fsp3) is 0.412. The molecule has 3 aromatic rings. The minimum atomic E-state index is -0.970. The van der Waals surface area contributed by atoms with Crippen LogP contribution < -0.4 is 14.8 Å². The number of hydrogen-bond donors (Lipinski definition) is 2. The van der Waals surface area contributed by atoms with E-state index in [2.05, 4.69) is 44.8 Å². The van der Waals surface area contributed by atoms with Gasteiger partial charge in [0.15, 0.2) is 11.5 Å². The number of nitrogens with zero attached hydrogens (tertiary/aromatic N) is 1. The number of benzene rings is 3. The average Bonchev–Trinajstić information content (AvgIpc) is 3.55. The Kier molecular flexibility index (Phi) is 9.08. The lowest BCUT2D eigenvalue weighted by atomic mass is 9.83. The largest absolute Gasteiger partial charge is 0.478 e. The zero-order chi connectivity index (χ0) is 29.9. The predicted molar refractivity (Wildman–Crippen MR) is 163 cm³/mol. The summed E-state index contributed by atoms with van der Waals surface area (Å²) in [7, 11) is 0. The van der Waals surface area contributed by atoms with Crippen LogP contribution in [0.3, 0.4) is 0 Å². The van der Waals surface area contributed by atoms with Crippen LogP contribution in [-0.2, 0) is 16.6 Å². The summed E-state index contributed by atoms with van der Waals surface area (Å²) in [5.74, 6) is 0.446. The molecule has 3 aromatic carbocycles. The molecule has 2 aliphatic rings. The summed E-state index contributed by atoms with van der Waals surface area (Å²) in [4.78, 5) is 27.2. The van der Waals surface area contributed by atoms with Crippen LogP contribution in [0.25, 0.3) is 11.1 Å². The van der Waals surface area contributed by atoms with Crippen LogP contribution in [0.15, 0.2) is 54.6 Å². The Balaban J connectivity index is 0.000000374. The average molecular weight is 559 g/mol. The van der Waals surface area contributed by atoms with E-state index in [4.69, 9.17) is 9.47 Å². The minimum Gasteiger partial charge on any atom is -0.478 e. The summed E-state index contributed by atoms with van der Waals surface area (Å²) in [5, 5.41) is 12.4. The maximum Gasteiger partial charge on any atom is 0.335 e. The van der Waals surface area contributed by atoms with E-state index in [9.17, 15) is 14.7 Å². The van der Waals surface area contributed by atoms with Gasteiger partial charge >= 0.3 is 5.97 Å². The lowest BCUT2D eigenvalue weighted by Gasteiger charge is -2.28. The van der Waals surface area contributed by atoms with Gasteiger partial charge in [-0.05, 0) is 114 Å². The number of aromatic carboxylic acids is 1. The van der Waals surface area contributed by atoms with Crippen LogP contribution in [0.5, 0.6) is 11.5 Å². The number of carboxylic acids is 1. The van der Waals surface area contributed by atoms with Crippen molar-refractivity contribution in [2.45, 2.75) is 78.8 Å². The number of fused-ring (bicyclic) bond motifs is 3. The molecule has 218 valence electrons. The quantitative estimate of drug-likeness (QED) is 0.323. The molecule has 7 heteroatoms. The summed E-state index contributed by atoms with van der Waals surface area (Å²) < 4.78 is 11.1. The van der Waals surface area contributed by atoms with Gasteiger partial charge < -0.3 is 19.9 Å². The van der Waals surface area contributed by atoms with Crippen LogP contribution in [-0.4, -0.2) is 47.3 Å². The van der Waals surface area contributed by atoms with E-state index in [0.29, 0.717) is 24.2 Å². The number of aryl methyl sites for hydroxylation is 1. The Morgan fingerprint density at radius 2 is 1.76 bits per heavy atom. The first-order chi connectivity index (χ1) is 19.5. The minimum absolute atomic E-state index is 0.0794. The number of anilines is 1. The van der Waals surface area contributed by atoms with Crippen LogP contribution in [0, 0.1) is 6.92 Å². The van der Waals surface area contributed by atoms with Crippen molar-refractivity contribution in [2.24, 2.45) is 0 Å². The van der Waals surface area contributed by atoms with Crippen molar-refractivity contribution in [1.29, 1.82) is 0 Å². The van der Waals surface area contributed by atoms with Crippen molar-refractivity contribution in [3.05, 3.63) is 76.9 Å². The highest BCUT2D eigenvalue weighted by atomic mass is 16.7. The van der Waals surface area contributed by atoms with Crippen molar-refractivity contribution in [3.63, 3.8) is 0 Å². The molecule has 1 heterocycles. The molecule has 0 bridgehead atoms. The fourth-order valence-electron chi connectivity index (χ4n) is 5.97. The molecule has 0 radical (unpaired) electrons. The predicted octanol–water partition coefficient (Wildman–Crippen LogP) is 7.06. The van der Waals surface area contributed by atoms with Gasteiger partial charge in [-0.25, -0.2) is 4.79 Å². The first kappa shape index (κ1) is 30.1. The molecule has 0 saturated carbocycles. The maximum absolute atomic E-state index is 13.4. The maximum atomic E-state index is 13.4. The molecule has 1 amide bonds. The number of carboxylic acid groups (broad SMARTS) is 1. The van der Waals surface area contributed by atoms with Gasteiger partial charge in [-0.3, -0.25) is 9.69 Å². The molecule has 0 fully saturated rings. The van der Waals surface area contributed by atoms with Gasteiger partial charge in [0.25, 0.3) is 0 Å². The number of amides is 1. The van der Waals surface area contributed by atoms with Gasteiger partial charge in [0.2, 0.25) is 12.7 Å². The smallest absolute Gasteiger partial charge is 0.335 e. The Bertz CT molecular complexity index is 1420. The highest BCUT2D eigenvalue weighted by Crippen LogP contribution is 2.48. The molecule has 1 aliphatic heterocycles. The lowest BCUT2D eigenvalue weighted by Crippen LogP contribution is -2.36. The number of nitrogens with one attached hydrogen (secondary N) is 1. The second-order valence-corrected chi connectivity index (χ2v) is 11.5. The summed E-state index contributed by atoms with van der Waals surface area (Å²) in [6.07, 6.45) is 1.44. The summed E-state index contributed by atoms with van der Waals surface area (Å²) in [6.45, 7) is 16.5. The molecule has 1 atom stereocenters. The van der Waals surface area contributed by atoms with Crippen LogP contribution in [0.2, 0.25) is 0 Å². The van der Waals surface area contributed by atoms with E-state index in [0.717, 1.165) is 52.3 Å². The Morgan fingerprint density at radius 1 is 1.02 bits per heavy atom. The number of ether oxygens (including phenoxy) is 2. The van der Waals surface area contributed by atoms with Crippen molar-refractivity contribution in [2.75, 3.05) is 18.7 Å². The highest BCUT2D eigenvalue weighted by molar-refractivity contribution is 6.00. The van der Waals surface area contributed by atoms with E-state index >= 15 is 0 Å². The van der Waals surface area contributed by atoms with Crippen LogP contribution in [0.1, 0.15) is 75.0 Å². The van der Waals surface area contributed by atoms with E-state index in [-0.39, 0.29) is 18.3 Å². The molecule has 0 saturated heterocycles. The lowest BCUT2D eigenvalue weighted by molar-refractivity contribution is -0.121. The third-order valence-corrected chi connectivity index (χ3v) is 8.22. The molecule has 0 spiro atoms. The fourth-order valence-corrected chi connectivity index (χ4v) is 5.97. The van der Waals surface area contributed by atoms with Gasteiger partial charge in [-0.2, -0.15) is 0 Å². The third kappa shape index (κ3) is 6.25. The van der Waals surface area contributed by atoms with E-state index in [1.807, 2.05) is 50.2 Å². The monoisotopic (exact) mass is 558 g/mol. The summed E-state index contributed by atoms with van der Waals surface area (Å²) in [5.41, 5.74) is 4.92. The summed E-state index contributed by atoms with van der Waals surface area (Å²) in [6, 6.07) is 17.7. The Hall–Kier alpha value is -3.84. The first-order valence-electron chi connectivity index (χ1n) is 14.4. The SMILES string of the molecule is CCN(C(C)C)C(C)C.Cc1ccc(NC(=O)C2(C)CCc3c2ccc2c3OCO2)cc1-c1cccc(C(=O)O)c1. The molecule has 41 heavy (non-hydrogen) atoms. The second-order valence-electron chi connectivity index (χ2n) is 11.5. The number of carbonyl (C=O) groups is 2. The zero-order valence-corrected chi connectivity index (χ0v) is 25.2. The second kappa shape index (κ2) is 12.4. The van der Waals surface area contributed by atoms with Crippen molar-refractivity contribution in [3.8, 4) is 22.6 Å². The summed E-state index contributed by atoms with van der Waals surface area (Å²) >= 11 is 0. The number of rotatable bonds is 7. The van der Waals surface area contributed by atoms with Crippen molar-refractivity contribution >= 4 is 17.6 Å². The van der Waals surface area contributed by atoms with E-state index < -0.39 is 11.4 Å². The molecule has 1 unspecified atom stereocenters.